The number of amidine groups is 1. The highest BCUT2D eigenvalue weighted by atomic mass is 16.5. The first-order valence-electron chi connectivity index (χ1n) is 10.2. The number of aryl methyl sites for hydroxylation is 1. The molecule has 1 amide bonds. The van der Waals surface area contributed by atoms with E-state index in [0.717, 1.165) is 79.6 Å². The molecule has 1 saturated carbocycles. The van der Waals surface area contributed by atoms with Gasteiger partial charge in [-0.3, -0.25) is 4.79 Å². The molecule has 2 aromatic carbocycles. The van der Waals surface area contributed by atoms with Crippen molar-refractivity contribution in [3.8, 4) is 11.5 Å². The van der Waals surface area contributed by atoms with Crippen LogP contribution < -0.4 is 4.74 Å². The number of carbonyl (C=O) groups excluding carboxylic acids is 1. The lowest BCUT2D eigenvalue weighted by Crippen LogP contribution is -2.38. The molecule has 2 heterocycles. The number of hydrogen-bond donors (Lipinski definition) is 0. The smallest absolute Gasteiger partial charge is 0.225 e. The first-order chi connectivity index (χ1) is 13.7. The van der Waals surface area contributed by atoms with E-state index < -0.39 is 0 Å². The van der Waals surface area contributed by atoms with Gasteiger partial charge in [-0.25, -0.2) is 4.99 Å². The van der Waals surface area contributed by atoms with Gasteiger partial charge in [0.2, 0.25) is 5.91 Å². The van der Waals surface area contributed by atoms with Gasteiger partial charge >= 0.3 is 0 Å². The molecular formula is C23H25N3O2. The van der Waals surface area contributed by atoms with E-state index in [9.17, 15) is 4.79 Å². The molecule has 0 unspecified atom stereocenters. The van der Waals surface area contributed by atoms with Gasteiger partial charge in [0.25, 0.3) is 0 Å². The standard InChI is InChI=1S/C23H25N3O2/c1-16-7-10-19-21(15-16)28-20-6-3-2-5-18(20)22(24-19)25-11-4-12-26(14-13-25)23(27)17-8-9-17/h2-3,5-7,10,15,17H,4,8-9,11-14H2,1H3. The number of nitrogens with zero attached hydrogens (tertiary/aromatic N) is 3. The van der Waals surface area contributed by atoms with Crippen molar-refractivity contribution >= 4 is 17.4 Å². The van der Waals surface area contributed by atoms with Crippen LogP contribution >= 0.6 is 0 Å². The van der Waals surface area contributed by atoms with Gasteiger partial charge in [-0.15, -0.1) is 0 Å². The Bertz CT molecular complexity index is 949. The van der Waals surface area contributed by atoms with Crippen molar-refractivity contribution in [1.82, 2.24) is 9.80 Å². The van der Waals surface area contributed by atoms with E-state index in [-0.39, 0.29) is 5.92 Å². The second-order valence-electron chi connectivity index (χ2n) is 7.94. The fraction of sp³-hybridized carbons (Fsp3) is 0.391. The van der Waals surface area contributed by atoms with Gasteiger partial charge in [-0.1, -0.05) is 18.2 Å². The Hall–Kier alpha value is -2.82. The molecule has 1 aliphatic carbocycles. The van der Waals surface area contributed by atoms with Gasteiger partial charge in [0, 0.05) is 32.1 Å². The highest BCUT2D eigenvalue weighted by Crippen LogP contribution is 2.39. The number of para-hydroxylation sites is 1. The SMILES string of the molecule is Cc1ccc2c(c1)Oc1ccccc1C(N1CCCN(C(=O)C3CC3)CC1)=N2. The molecule has 28 heavy (non-hydrogen) atoms. The van der Waals surface area contributed by atoms with Crippen LogP contribution in [0.4, 0.5) is 5.69 Å². The molecular weight excluding hydrogens is 350 g/mol. The Morgan fingerprint density at radius 3 is 2.75 bits per heavy atom. The molecule has 0 radical (unpaired) electrons. The van der Waals surface area contributed by atoms with Crippen molar-refractivity contribution in [2.45, 2.75) is 26.2 Å². The fourth-order valence-corrected chi connectivity index (χ4v) is 4.01. The molecule has 144 valence electrons. The van der Waals surface area contributed by atoms with Crippen molar-refractivity contribution in [3.05, 3.63) is 53.6 Å². The van der Waals surface area contributed by atoms with E-state index in [1.165, 1.54) is 0 Å². The van der Waals surface area contributed by atoms with Gasteiger partial charge in [0.15, 0.2) is 5.75 Å². The molecule has 0 spiro atoms. The molecule has 0 bridgehead atoms. The topological polar surface area (TPSA) is 45.1 Å². The Balaban J connectivity index is 1.48. The van der Waals surface area contributed by atoms with Crippen LogP contribution in [0.5, 0.6) is 11.5 Å². The predicted octanol–water partition coefficient (Wildman–Crippen LogP) is 4.12. The van der Waals surface area contributed by atoms with Crippen LogP contribution in [-0.2, 0) is 4.79 Å². The molecule has 0 N–H and O–H groups in total. The van der Waals surface area contributed by atoms with Crippen molar-refractivity contribution in [3.63, 3.8) is 0 Å². The zero-order chi connectivity index (χ0) is 19.1. The predicted molar refractivity (Wildman–Crippen MR) is 109 cm³/mol. The summed E-state index contributed by atoms with van der Waals surface area (Å²) in [7, 11) is 0. The molecule has 0 aromatic heterocycles. The Morgan fingerprint density at radius 1 is 1.04 bits per heavy atom. The maximum atomic E-state index is 12.5. The summed E-state index contributed by atoms with van der Waals surface area (Å²) >= 11 is 0. The van der Waals surface area contributed by atoms with Crippen molar-refractivity contribution in [2.75, 3.05) is 26.2 Å². The summed E-state index contributed by atoms with van der Waals surface area (Å²) in [5, 5.41) is 0. The number of carbonyl (C=O) groups is 1. The minimum Gasteiger partial charge on any atom is -0.454 e. The molecule has 2 aromatic rings. The second kappa shape index (κ2) is 6.97. The fourth-order valence-electron chi connectivity index (χ4n) is 4.01. The van der Waals surface area contributed by atoms with E-state index in [4.69, 9.17) is 9.73 Å². The van der Waals surface area contributed by atoms with E-state index in [1.807, 2.05) is 30.3 Å². The van der Waals surface area contributed by atoms with Gasteiger partial charge in [-0.05, 0) is 56.0 Å². The summed E-state index contributed by atoms with van der Waals surface area (Å²) in [6.07, 6.45) is 3.08. The largest absolute Gasteiger partial charge is 0.454 e. The second-order valence-corrected chi connectivity index (χ2v) is 7.94. The number of ether oxygens (including phenoxy) is 1. The van der Waals surface area contributed by atoms with E-state index >= 15 is 0 Å². The third-order valence-electron chi connectivity index (χ3n) is 5.72. The van der Waals surface area contributed by atoms with Crippen LogP contribution in [0.25, 0.3) is 0 Å². The van der Waals surface area contributed by atoms with Crippen molar-refractivity contribution in [1.29, 1.82) is 0 Å². The Kier molecular flexibility index (Phi) is 4.30. The average Bonchev–Trinajstić information content (AvgIpc) is 3.54. The van der Waals surface area contributed by atoms with Crippen LogP contribution in [0.2, 0.25) is 0 Å². The molecule has 3 aliphatic rings. The molecule has 0 atom stereocenters. The van der Waals surface area contributed by atoms with Crippen LogP contribution in [0, 0.1) is 12.8 Å². The first kappa shape index (κ1) is 17.3. The van der Waals surface area contributed by atoms with Gasteiger partial charge in [0.05, 0.1) is 5.56 Å². The molecule has 5 rings (SSSR count). The number of fused-ring (bicyclic) bond motifs is 2. The van der Waals surface area contributed by atoms with Crippen molar-refractivity contribution in [2.24, 2.45) is 10.9 Å². The van der Waals surface area contributed by atoms with E-state index in [2.05, 4.69) is 28.9 Å². The first-order valence-corrected chi connectivity index (χ1v) is 10.2. The Morgan fingerprint density at radius 2 is 1.89 bits per heavy atom. The lowest BCUT2D eigenvalue weighted by Gasteiger charge is -2.25. The van der Waals surface area contributed by atoms with Crippen LogP contribution in [0.3, 0.4) is 0 Å². The van der Waals surface area contributed by atoms with E-state index in [1.54, 1.807) is 0 Å². The normalized spacial score (nSPS) is 19.0. The Labute approximate surface area is 165 Å². The quantitative estimate of drug-likeness (QED) is 0.753. The zero-order valence-corrected chi connectivity index (χ0v) is 16.2. The molecule has 5 heteroatoms. The van der Waals surface area contributed by atoms with Crippen LogP contribution in [0.15, 0.2) is 47.5 Å². The summed E-state index contributed by atoms with van der Waals surface area (Å²) in [4.78, 5) is 21.9. The summed E-state index contributed by atoms with van der Waals surface area (Å²) in [5.74, 6) is 3.20. The van der Waals surface area contributed by atoms with Crippen LogP contribution in [-0.4, -0.2) is 47.7 Å². The lowest BCUT2D eigenvalue weighted by atomic mass is 10.1. The highest BCUT2D eigenvalue weighted by molar-refractivity contribution is 6.03. The maximum Gasteiger partial charge on any atom is 0.225 e. The summed E-state index contributed by atoms with van der Waals surface area (Å²) in [5.41, 5.74) is 3.02. The minimum absolute atomic E-state index is 0.283. The number of aliphatic imine (C=N–C) groups is 1. The van der Waals surface area contributed by atoms with Crippen LogP contribution in [0.1, 0.15) is 30.4 Å². The lowest BCUT2D eigenvalue weighted by molar-refractivity contribution is -0.132. The van der Waals surface area contributed by atoms with Gasteiger partial charge < -0.3 is 14.5 Å². The molecule has 2 fully saturated rings. The maximum absolute atomic E-state index is 12.5. The summed E-state index contributed by atoms with van der Waals surface area (Å²) < 4.78 is 6.23. The molecule has 5 nitrogen and oxygen atoms in total. The number of benzene rings is 2. The average molecular weight is 375 g/mol. The summed E-state index contributed by atoms with van der Waals surface area (Å²) in [6.45, 7) is 5.35. The highest BCUT2D eigenvalue weighted by Gasteiger charge is 2.34. The zero-order valence-electron chi connectivity index (χ0n) is 16.2. The number of amides is 1. The summed E-state index contributed by atoms with van der Waals surface area (Å²) in [6, 6.07) is 14.2. The third-order valence-corrected chi connectivity index (χ3v) is 5.72. The number of rotatable bonds is 1. The molecule has 2 aliphatic heterocycles. The minimum atomic E-state index is 0.283. The third kappa shape index (κ3) is 3.26. The van der Waals surface area contributed by atoms with E-state index in [0.29, 0.717) is 5.91 Å². The molecule has 1 saturated heterocycles. The monoisotopic (exact) mass is 375 g/mol. The van der Waals surface area contributed by atoms with Gasteiger partial charge in [-0.2, -0.15) is 0 Å². The van der Waals surface area contributed by atoms with Gasteiger partial charge in [0.1, 0.15) is 17.3 Å². The number of hydrogen-bond acceptors (Lipinski definition) is 4. The van der Waals surface area contributed by atoms with Crippen molar-refractivity contribution < 1.29 is 9.53 Å².